The van der Waals surface area contributed by atoms with Gasteiger partial charge >= 0.3 is 0 Å². The summed E-state index contributed by atoms with van der Waals surface area (Å²) in [6.07, 6.45) is 13.7. The zero-order valence-electron chi connectivity index (χ0n) is 21.6. The van der Waals surface area contributed by atoms with Crippen molar-refractivity contribution in [2.24, 2.45) is 14.1 Å². The van der Waals surface area contributed by atoms with Gasteiger partial charge in [0.1, 0.15) is 0 Å². The highest BCUT2D eigenvalue weighted by molar-refractivity contribution is 5.85. The molecule has 0 saturated carbocycles. The number of fused-ring (bicyclic) bond motifs is 3. The second-order valence-corrected chi connectivity index (χ2v) is 10.2. The number of nitrogens with zero attached hydrogens (tertiary/aromatic N) is 8. The summed E-state index contributed by atoms with van der Waals surface area (Å²) in [5.41, 5.74) is 9.59. The van der Waals surface area contributed by atoms with Crippen molar-refractivity contribution in [3.63, 3.8) is 0 Å². The predicted octanol–water partition coefficient (Wildman–Crippen LogP) is 3.91. The third-order valence-electron chi connectivity index (χ3n) is 7.59. The van der Waals surface area contributed by atoms with E-state index in [1.807, 2.05) is 48.2 Å². The number of benzene rings is 1. The molecule has 10 nitrogen and oxygen atoms in total. The van der Waals surface area contributed by atoms with Gasteiger partial charge in [-0.2, -0.15) is 15.3 Å². The summed E-state index contributed by atoms with van der Waals surface area (Å²) < 4.78 is 5.87. The maximum absolute atomic E-state index is 5.01. The first-order valence-corrected chi connectivity index (χ1v) is 13.2. The van der Waals surface area contributed by atoms with Crippen LogP contribution in [0, 0.1) is 0 Å². The number of rotatable bonds is 5. The standard InChI is InChI=1S/C28H30N10/c1-36-16-21(14-31-36)18-3-5-19(6-4-18)27-25-24(35-37(27)2)8-7-20-13-30-28(34-26(20)25)33-22-15-32-38(17-22)23-9-11-29-12-10-23/h3-6,13-17,23,29H,7-12H2,1-2H3,(H,30,33,34). The Labute approximate surface area is 220 Å². The van der Waals surface area contributed by atoms with Gasteiger partial charge in [0.25, 0.3) is 0 Å². The molecule has 4 aromatic heterocycles. The van der Waals surface area contributed by atoms with Crippen molar-refractivity contribution < 1.29 is 0 Å². The molecule has 5 heterocycles. The lowest BCUT2D eigenvalue weighted by molar-refractivity contribution is 0.343. The number of aromatic nitrogens is 8. The molecule has 1 saturated heterocycles. The fourth-order valence-electron chi connectivity index (χ4n) is 5.65. The largest absolute Gasteiger partial charge is 0.321 e. The van der Waals surface area contributed by atoms with Gasteiger partial charge in [0.2, 0.25) is 5.95 Å². The van der Waals surface area contributed by atoms with Gasteiger partial charge in [-0.25, -0.2) is 9.97 Å². The average Bonchev–Trinajstić information content (AvgIpc) is 3.68. The Bertz CT molecular complexity index is 1600. The van der Waals surface area contributed by atoms with Crippen molar-refractivity contribution in [3.05, 3.63) is 66.5 Å². The van der Waals surface area contributed by atoms with Crippen LogP contribution in [-0.4, -0.2) is 52.4 Å². The molecule has 0 radical (unpaired) electrons. The van der Waals surface area contributed by atoms with Gasteiger partial charge in [0, 0.05) is 49.4 Å². The number of hydrogen-bond donors (Lipinski definition) is 2. The van der Waals surface area contributed by atoms with Crippen LogP contribution >= 0.6 is 0 Å². The molecule has 38 heavy (non-hydrogen) atoms. The van der Waals surface area contributed by atoms with Crippen LogP contribution in [0.25, 0.3) is 33.6 Å². The zero-order valence-corrected chi connectivity index (χ0v) is 21.6. The molecule has 1 aliphatic carbocycles. The van der Waals surface area contributed by atoms with E-state index >= 15 is 0 Å². The molecule has 2 aliphatic rings. The van der Waals surface area contributed by atoms with Gasteiger partial charge in [0.05, 0.1) is 41.2 Å². The first kappa shape index (κ1) is 22.9. The summed E-state index contributed by atoms with van der Waals surface area (Å²) >= 11 is 0. The third-order valence-corrected chi connectivity index (χ3v) is 7.59. The Morgan fingerprint density at radius 1 is 0.895 bits per heavy atom. The minimum atomic E-state index is 0.432. The molecule has 5 aromatic rings. The molecule has 0 spiro atoms. The van der Waals surface area contributed by atoms with E-state index in [0.717, 1.165) is 89.4 Å². The fourth-order valence-corrected chi connectivity index (χ4v) is 5.65. The minimum absolute atomic E-state index is 0.432. The molecule has 7 rings (SSSR count). The van der Waals surface area contributed by atoms with Crippen LogP contribution in [0.5, 0.6) is 0 Å². The van der Waals surface area contributed by atoms with Gasteiger partial charge in [-0.3, -0.25) is 14.0 Å². The van der Waals surface area contributed by atoms with Crippen molar-refractivity contribution in [3.8, 4) is 33.6 Å². The first-order chi connectivity index (χ1) is 18.6. The lowest BCUT2D eigenvalue weighted by Gasteiger charge is -2.22. The van der Waals surface area contributed by atoms with Gasteiger partial charge in [0.15, 0.2) is 0 Å². The molecule has 0 bridgehead atoms. The Hall–Kier alpha value is -4.31. The van der Waals surface area contributed by atoms with Crippen molar-refractivity contribution in [2.45, 2.75) is 31.7 Å². The molecule has 1 aromatic carbocycles. The van der Waals surface area contributed by atoms with Crippen LogP contribution in [0.4, 0.5) is 11.6 Å². The number of aryl methyl sites for hydroxylation is 4. The summed E-state index contributed by atoms with van der Waals surface area (Å²) in [4.78, 5) is 9.64. The third kappa shape index (κ3) is 4.06. The van der Waals surface area contributed by atoms with Crippen LogP contribution < -0.4 is 10.6 Å². The Morgan fingerprint density at radius 3 is 2.50 bits per heavy atom. The topological polar surface area (TPSA) is 103 Å². The summed E-state index contributed by atoms with van der Waals surface area (Å²) in [6, 6.07) is 9.03. The summed E-state index contributed by atoms with van der Waals surface area (Å²) in [5, 5.41) is 20.6. The van der Waals surface area contributed by atoms with Crippen molar-refractivity contribution in [1.29, 1.82) is 0 Å². The van der Waals surface area contributed by atoms with Crippen molar-refractivity contribution in [1.82, 2.24) is 44.6 Å². The van der Waals surface area contributed by atoms with E-state index in [1.54, 1.807) is 0 Å². The molecule has 1 aliphatic heterocycles. The summed E-state index contributed by atoms with van der Waals surface area (Å²) in [6.45, 7) is 2.06. The van der Waals surface area contributed by atoms with E-state index in [1.165, 1.54) is 0 Å². The normalized spacial score (nSPS) is 15.3. The highest BCUT2D eigenvalue weighted by Crippen LogP contribution is 2.40. The fraction of sp³-hybridized carbons (Fsp3) is 0.321. The summed E-state index contributed by atoms with van der Waals surface area (Å²) in [7, 11) is 3.95. The average molecular weight is 507 g/mol. The van der Waals surface area contributed by atoms with E-state index in [0.29, 0.717) is 12.0 Å². The molecule has 0 unspecified atom stereocenters. The van der Waals surface area contributed by atoms with Gasteiger partial charge in [-0.05, 0) is 49.9 Å². The first-order valence-electron chi connectivity index (χ1n) is 13.2. The van der Waals surface area contributed by atoms with Crippen molar-refractivity contribution in [2.75, 3.05) is 18.4 Å². The molecular formula is C28H30N10. The maximum Gasteiger partial charge on any atom is 0.227 e. The Kier molecular flexibility index (Phi) is 5.54. The second kappa shape index (κ2) is 9.21. The van der Waals surface area contributed by atoms with Crippen molar-refractivity contribution >= 4 is 11.6 Å². The SMILES string of the molecule is Cn1cc(-c2ccc(-c3c4c(nn3C)CCc3cnc(Nc5cnn(C6CCNCC6)c5)nc3-4)cc2)cn1. The highest BCUT2D eigenvalue weighted by Gasteiger charge is 2.27. The van der Waals surface area contributed by atoms with Gasteiger partial charge < -0.3 is 10.6 Å². The molecule has 192 valence electrons. The quantitative estimate of drug-likeness (QED) is 0.373. The zero-order chi connectivity index (χ0) is 25.6. The van der Waals surface area contributed by atoms with Gasteiger partial charge in [-0.15, -0.1) is 0 Å². The molecule has 0 atom stereocenters. The monoisotopic (exact) mass is 506 g/mol. The smallest absolute Gasteiger partial charge is 0.227 e. The molecule has 2 N–H and O–H groups in total. The summed E-state index contributed by atoms with van der Waals surface area (Å²) in [5.74, 6) is 0.572. The Morgan fingerprint density at radius 2 is 1.71 bits per heavy atom. The van der Waals surface area contributed by atoms with Gasteiger partial charge in [-0.1, -0.05) is 24.3 Å². The van der Waals surface area contributed by atoms with Crippen LogP contribution in [0.15, 0.2) is 55.2 Å². The van der Waals surface area contributed by atoms with Crippen LogP contribution in [0.1, 0.15) is 30.1 Å². The lowest BCUT2D eigenvalue weighted by Crippen LogP contribution is -2.29. The lowest BCUT2D eigenvalue weighted by atomic mass is 9.91. The Balaban J connectivity index is 1.21. The van der Waals surface area contributed by atoms with E-state index in [2.05, 4.69) is 61.0 Å². The van der Waals surface area contributed by atoms with Crippen LogP contribution in [0.2, 0.25) is 0 Å². The van der Waals surface area contributed by atoms with E-state index in [-0.39, 0.29) is 0 Å². The second-order valence-electron chi connectivity index (χ2n) is 10.2. The number of piperidine rings is 1. The molecule has 1 fully saturated rings. The van der Waals surface area contributed by atoms with E-state index < -0.39 is 0 Å². The molecule has 10 heteroatoms. The van der Waals surface area contributed by atoms with Crippen LogP contribution in [0.3, 0.4) is 0 Å². The predicted molar refractivity (Wildman–Crippen MR) is 146 cm³/mol. The maximum atomic E-state index is 5.01. The van der Waals surface area contributed by atoms with E-state index in [4.69, 9.17) is 10.1 Å². The number of nitrogens with one attached hydrogen (secondary N) is 2. The van der Waals surface area contributed by atoms with Crippen LogP contribution in [-0.2, 0) is 26.9 Å². The highest BCUT2D eigenvalue weighted by atomic mass is 15.3. The number of anilines is 2. The molecular weight excluding hydrogens is 476 g/mol. The van der Waals surface area contributed by atoms with E-state index in [9.17, 15) is 0 Å². The minimum Gasteiger partial charge on any atom is -0.321 e. The molecule has 0 amide bonds. The number of hydrogen-bond acceptors (Lipinski definition) is 7.